The normalized spacial score (nSPS) is 22.2. The first-order chi connectivity index (χ1) is 16.5. The predicted molar refractivity (Wildman–Crippen MR) is 134 cm³/mol. The summed E-state index contributed by atoms with van der Waals surface area (Å²) < 4.78 is 20.6. The first-order valence-corrected chi connectivity index (χ1v) is 12.1. The number of rotatable bonds is 11. The molecule has 0 radical (unpaired) electrons. The maximum Gasteiger partial charge on any atom is 0.407 e. The number of carbonyl (C=O) groups excluding carboxylic acids is 4. The Bertz CT molecular complexity index is 853. The zero-order chi connectivity index (χ0) is 27.7. The topological polar surface area (TPSA) is 129 Å². The van der Waals surface area contributed by atoms with Gasteiger partial charge in [0, 0.05) is 23.7 Å². The Labute approximate surface area is 214 Å². The summed E-state index contributed by atoms with van der Waals surface area (Å²) in [5, 5.41) is 5.70. The summed E-state index contributed by atoms with van der Waals surface area (Å²) in [7, 11) is 0. The van der Waals surface area contributed by atoms with Crippen LogP contribution in [-0.2, 0) is 28.5 Å². The highest BCUT2D eigenvalue weighted by Crippen LogP contribution is 2.45. The summed E-state index contributed by atoms with van der Waals surface area (Å²) >= 11 is 0. The first-order valence-electron chi connectivity index (χ1n) is 12.1. The van der Waals surface area contributed by atoms with Gasteiger partial charge in [0.05, 0.1) is 0 Å². The zero-order valence-corrected chi connectivity index (χ0v) is 22.7. The lowest BCUT2D eigenvalue weighted by Gasteiger charge is -2.46. The van der Waals surface area contributed by atoms with E-state index in [-0.39, 0.29) is 41.2 Å². The molecule has 204 valence electrons. The van der Waals surface area contributed by atoms with Crippen LogP contribution in [0.25, 0.3) is 0 Å². The third kappa shape index (κ3) is 11.6. The summed E-state index contributed by atoms with van der Waals surface area (Å²) in [4.78, 5) is 47.7. The Morgan fingerprint density at radius 1 is 0.861 bits per heavy atom. The van der Waals surface area contributed by atoms with Crippen LogP contribution < -0.4 is 10.6 Å². The molecule has 1 fully saturated rings. The number of nitrogens with one attached hydrogen (secondary N) is 2. The maximum absolute atomic E-state index is 12.4. The number of esters is 2. The Balaban J connectivity index is 2.57. The Morgan fingerprint density at radius 2 is 1.33 bits per heavy atom. The Hall–Kier alpha value is -3.04. The number of ether oxygens (including phenoxy) is 4. The molecule has 0 aromatic rings. The van der Waals surface area contributed by atoms with Gasteiger partial charge in [0.15, 0.2) is 0 Å². The minimum atomic E-state index is -0.621. The molecule has 10 heteroatoms. The molecule has 1 saturated carbocycles. The van der Waals surface area contributed by atoms with Gasteiger partial charge in [-0.3, -0.25) is 0 Å². The van der Waals surface area contributed by atoms with E-state index in [1.54, 1.807) is 20.8 Å². The van der Waals surface area contributed by atoms with Gasteiger partial charge in [0.1, 0.15) is 25.4 Å². The molecule has 1 aliphatic rings. The van der Waals surface area contributed by atoms with Gasteiger partial charge in [-0.2, -0.15) is 0 Å². The molecule has 0 spiro atoms. The lowest BCUT2D eigenvalue weighted by molar-refractivity contribution is -0.142. The van der Waals surface area contributed by atoms with Crippen LogP contribution in [0.3, 0.4) is 0 Å². The molecule has 2 N–H and O–H groups in total. The van der Waals surface area contributed by atoms with E-state index in [0.29, 0.717) is 13.0 Å². The quantitative estimate of drug-likeness (QED) is 0.242. The van der Waals surface area contributed by atoms with Crippen molar-refractivity contribution in [2.75, 3.05) is 19.8 Å². The van der Waals surface area contributed by atoms with Gasteiger partial charge >= 0.3 is 24.1 Å². The minimum Gasteiger partial charge on any atom is -0.458 e. The number of alkyl carbamates (subject to hydrolysis) is 2. The molecule has 0 aromatic heterocycles. The summed E-state index contributed by atoms with van der Waals surface area (Å²) in [5.74, 6) is -1.08. The molecule has 36 heavy (non-hydrogen) atoms. The second-order valence-corrected chi connectivity index (χ2v) is 10.9. The van der Waals surface area contributed by atoms with E-state index >= 15 is 0 Å². The third-order valence-electron chi connectivity index (χ3n) is 5.64. The second kappa shape index (κ2) is 13.3. The molecule has 2 amide bonds. The van der Waals surface area contributed by atoms with Crippen molar-refractivity contribution >= 4 is 24.1 Å². The van der Waals surface area contributed by atoms with Crippen molar-refractivity contribution in [3.05, 3.63) is 24.3 Å². The van der Waals surface area contributed by atoms with Gasteiger partial charge in [-0.25, -0.2) is 19.2 Å². The largest absolute Gasteiger partial charge is 0.458 e. The van der Waals surface area contributed by atoms with Gasteiger partial charge < -0.3 is 29.6 Å². The molecule has 0 aromatic carbocycles. The van der Waals surface area contributed by atoms with E-state index in [1.807, 2.05) is 6.92 Å². The highest BCUT2D eigenvalue weighted by molar-refractivity contribution is 5.87. The van der Waals surface area contributed by atoms with Gasteiger partial charge in [0.2, 0.25) is 0 Å². The van der Waals surface area contributed by atoms with Gasteiger partial charge in [-0.05, 0) is 57.8 Å². The Morgan fingerprint density at radius 3 is 1.81 bits per heavy atom. The van der Waals surface area contributed by atoms with Gasteiger partial charge in [0.25, 0.3) is 0 Å². The van der Waals surface area contributed by atoms with Crippen molar-refractivity contribution in [2.45, 2.75) is 86.0 Å². The Kier molecular flexibility index (Phi) is 11.5. The van der Waals surface area contributed by atoms with E-state index in [4.69, 9.17) is 18.9 Å². The summed E-state index contributed by atoms with van der Waals surface area (Å²) in [6.07, 6.45) is -0.255. The van der Waals surface area contributed by atoms with E-state index in [1.165, 1.54) is 6.92 Å². The number of hydrogen-bond donors (Lipinski definition) is 2. The van der Waals surface area contributed by atoms with Crippen molar-refractivity contribution in [2.24, 2.45) is 10.8 Å². The van der Waals surface area contributed by atoms with E-state index in [9.17, 15) is 19.2 Å². The maximum atomic E-state index is 12.4. The standard InChI is InChI=1S/C26H42N2O8/c1-16(2)21(29)33-12-18(5)35-23(31)27-15-26(9)11-20(10-25(7,8)14-26)28-24(32)36-19(6)13-34-22(30)17(3)4/h18-20H,1,3,10-15H2,2,4-9H3,(H,27,31)(H,28,32). The summed E-state index contributed by atoms with van der Waals surface area (Å²) in [6.45, 7) is 19.8. The van der Waals surface area contributed by atoms with E-state index in [2.05, 4.69) is 37.6 Å². The number of amides is 2. The molecule has 10 nitrogen and oxygen atoms in total. The highest BCUT2D eigenvalue weighted by Gasteiger charge is 2.42. The molecule has 0 heterocycles. The first kappa shape index (κ1) is 31.0. The van der Waals surface area contributed by atoms with Crippen molar-refractivity contribution in [3.63, 3.8) is 0 Å². The fourth-order valence-electron chi connectivity index (χ4n) is 4.46. The average Bonchev–Trinajstić information content (AvgIpc) is 2.72. The minimum absolute atomic E-state index is 0.0656. The predicted octanol–water partition coefficient (Wildman–Crippen LogP) is 4.04. The highest BCUT2D eigenvalue weighted by atomic mass is 16.6. The van der Waals surface area contributed by atoms with Crippen LogP contribution in [0.5, 0.6) is 0 Å². The second-order valence-electron chi connectivity index (χ2n) is 10.9. The van der Waals surface area contributed by atoms with Crippen LogP contribution >= 0.6 is 0 Å². The van der Waals surface area contributed by atoms with Crippen LogP contribution in [0.4, 0.5) is 9.59 Å². The van der Waals surface area contributed by atoms with Crippen LogP contribution in [-0.4, -0.2) is 62.1 Å². The van der Waals surface area contributed by atoms with E-state index < -0.39 is 36.3 Å². The fourth-order valence-corrected chi connectivity index (χ4v) is 4.46. The molecule has 1 rings (SSSR count). The molecule has 4 unspecified atom stereocenters. The molecular weight excluding hydrogens is 468 g/mol. The van der Waals surface area contributed by atoms with Gasteiger partial charge in [-0.15, -0.1) is 0 Å². The van der Waals surface area contributed by atoms with Crippen molar-refractivity contribution < 1.29 is 38.1 Å². The third-order valence-corrected chi connectivity index (χ3v) is 5.64. The fraction of sp³-hybridized carbons (Fsp3) is 0.692. The van der Waals surface area contributed by atoms with Crippen LogP contribution in [0.15, 0.2) is 24.3 Å². The van der Waals surface area contributed by atoms with Gasteiger partial charge in [-0.1, -0.05) is 33.9 Å². The van der Waals surface area contributed by atoms with Crippen molar-refractivity contribution in [3.8, 4) is 0 Å². The molecule has 4 atom stereocenters. The van der Waals surface area contributed by atoms with Crippen LogP contribution in [0.1, 0.15) is 67.7 Å². The smallest absolute Gasteiger partial charge is 0.407 e. The monoisotopic (exact) mass is 510 g/mol. The number of hydrogen-bond acceptors (Lipinski definition) is 8. The van der Waals surface area contributed by atoms with Crippen LogP contribution in [0, 0.1) is 10.8 Å². The molecule has 1 aliphatic carbocycles. The van der Waals surface area contributed by atoms with Crippen LogP contribution in [0.2, 0.25) is 0 Å². The average molecular weight is 511 g/mol. The van der Waals surface area contributed by atoms with Crippen molar-refractivity contribution in [1.82, 2.24) is 10.6 Å². The molecular formula is C26H42N2O8. The van der Waals surface area contributed by atoms with Crippen molar-refractivity contribution in [1.29, 1.82) is 0 Å². The zero-order valence-electron chi connectivity index (χ0n) is 22.7. The SMILES string of the molecule is C=C(C)C(=O)OCC(C)OC(=O)NCC1(C)CC(NC(=O)OC(C)COC(=O)C(=C)C)CC(C)(C)C1. The molecule has 0 aliphatic heterocycles. The number of carbonyl (C=O) groups is 4. The molecule has 0 saturated heterocycles. The lowest BCUT2D eigenvalue weighted by atomic mass is 9.62. The lowest BCUT2D eigenvalue weighted by Crippen LogP contribution is -2.51. The molecule has 0 bridgehead atoms. The summed E-state index contributed by atoms with van der Waals surface area (Å²) in [6, 6.07) is -0.172. The summed E-state index contributed by atoms with van der Waals surface area (Å²) in [5.41, 5.74) is 0.140. The van der Waals surface area contributed by atoms with E-state index in [0.717, 1.165) is 12.8 Å².